The molecule has 0 radical (unpaired) electrons. The Morgan fingerprint density at radius 1 is 1.04 bits per heavy atom. The van der Waals surface area contributed by atoms with E-state index in [-0.39, 0.29) is 17.9 Å². The zero-order valence-electron chi connectivity index (χ0n) is 15.9. The van der Waals surface area contributed by atoms with Crippen LogP contribution in [0.4, 0.5) is 0 Å². The van der Waals surface area contributed by atoms with Crippen molar-refractivity contribution >= 4 is 27.7 Å². The van der Waals surface area contributed by atoms with Gasteiger partial charge < -0.3 is 19.7 Å². The normalized spacial score (nSPS) is 14.5. The summed E-state index contributed by atoms with van der Waals surface area (Å²) in [5, 5.41) is 3.06. The minimum Gasteiger partial charge on any atom is -0.497 e. The summed E-state index contributed by atoms with van der Waals surface area (Å²) < 4.78 is 11.3. The Bertz CT molecular complexity index is 841. The van der Waals surface area contributed by atoms with Crippen molar-refractivity contribution in [3.63, 3.8) is 0 Å². The van der Waals surface area contributed by atoms with Gasteiger partial charge in [0.1, 0.15) is 11.5 Å². The maximum absolute atomic E-state index is 12.9. The molecule has 1 heterocycles. The number of carbonyl (C=O) groups is 2. The van der Waals surface area contributed by atoms with Crippen LogP contribution >= 0.6 is 15.9 Å². The number of amides is 2. The summed E-state index contributed by atoms with van der Waals surface area (Å²) in [6, 6.07) is 12.6. The van der Waals surface area contributed by atoms with Crippen LogP contribution in [-0.2, 0) is 0 Å². The molecule has 0 spiro atoms. The van der Waals surface area contributed by atoms with Crippen molar-refractivity contribution in [2.24, 2.45) is 0 Å². The molecule has 2 aromatic carbocycles. The average Bonchev–Trinajstić information content (AvgIpc) is 2.73. The molecule has 1 fully saturated rings. The Kier molecular flexibility index (Phi) is 6.57. The SMILES string of the molecule is COc1cc(OC)cc(C(=O)N2CCC(NC(=O)c3ccccc3Br)CC2)c1. The Labute approximate surface area is 172 Å². The smallest absolute Gasteiger partial charge is 0.254 e. The Morgan fingerprint density at radius 3 is 2.21 bits per heavy atom. The number of nitrogens with one attached hydrogen (secondary N) is 1. The fourth-order valence-corrected chi connectivity index (χ4v) is 3.71. The standard InChI is InChI=1S/C21H23BrN2O4/c1-27-16-11-14(12-17(13-16)28-2)21(26)24-9-7-15(8-10-24)23-20(25)18-5-3-4-6-19(18)22/h3-6,11-13,15H,7-10H2,1-2H3,(H,23,25). The number of benzene rings is 2. The third kappa shape index (κ3) is 4.65. The quantitative estimate of drug-likeness (QED) is 0.762. The molecule has 6 nitrogen and oxygen atoms in total. The summed E-state index contributed by atoms with van der Waals surface area (Å²) in [4.78, 5) is 27.1. The number of hydrogen-bond donors (Lipinski definition) is 1. The molecule has 2 amide bonds. The molecule has 1 aliphatic heterocycles. The number of likely N-dealkylation sites (tertiary alicyclic amines) is 1. The molecule has 148 valence electrons. The maximum atomic E-state index is 12.9. The molecule has 0 saturated carbocycles. The van der Waals surface area contributed by atoms with Crippen LogP contribution in [0.2, 0.25) is 0 Å². The summed E-state index contributed by atoms with van der Waals surface area (Å²) >= 11 is 3.41. The second-order valence-corrected chi connectivity index (χ2v) is 7.48. The molecular weight excluding hydrogens is 424 g/mol. The van der Waals surface area contributed by atoms with Crippen molar-refractivity contribution in [1.29, 1.82) is 0 Å². The van der Waals surface area contributed by atoms with E-state index >= 15 is 0 Å². The molecule has 0 aromatic heterocycles. The van der Waals surface area contributed by atoms with Crippen LogP contribution in [0.15, 0.2) is 46.9 Å². The predicted molar refractivity (Wildman–Crippen MR) is 110 cm³/mol. The lowest BCUT2D eigenvalue weighted by Gasteiger charge is -2.32. The van der Waals surface area contributed by atoms with E-state index in [9.17, 15) is 9.59 Å². The molecule has 1 N–H and O–H groups in total. The first-order valence-electron chi connectivity index (χ1n) is 9.09. The van der Waals surface area contributed by atoms with Crippen LogP contribution < -0.4 is 14.8 Å². The van der Waals surface area contributed by atoms with Gasteiger partial charge in [0.15, 0.2) is 0 Å². The summed E-state index contributed by atoms with van der Waals surface area (Å²) in [5.41, 5.74) is 1.15. The van der Waals surface area contributed by atoms with Crippen LogP contribution in [0, 0.1) is 0 Å². The highest BCUT2D eigenvalue weighted by molar-refractivity contribution is 9.10. The van der Waals surface area contributed by atoms with Gasteiger partial charge in [-0.2, -0.15) is 0 Å². The minimum atomic E-state index is -0.102. The van der Waals surface area contributed by atoms with E-state index in [0.717, 1.165) is 4.47 Å². The number of methoxy groups -OCH3 is 2. The average molecular weight is 447 g/mol. The predicted octanol–water partition coefficient (Wildman–Crippen LogP) is 3.50. The first-order valence-corrected chi connectivity index (χ1v) is 9.89. The Balaban J connectivity index is 1.60. The second kappa shape index (κ2) is 9.10. The molecular formula is C21H23BrN2O4. The number of nitrogens with zero attached hydrogens (tertiary/aromatic N) is 1. The summed E-state index contributed by atoms with van der Waals surface area (Å²) in [6.07, 6.45) is 1.42. The van der Waals surface area contributed by atoms with E-state index in [1.807, 2.05) is 18.2 Å². The van der Waals surface area contributed by atoms with Crippen LogP contribution in [0.1, 0.15) is 33.6 Å². The van der Waals surface area contributed by atoms with Crippen LogP contribution in [-0.4, -0.2) is 50.1 Å². The summed E-state index contributed by atoms with van der Waals surface area (Å²) in [5.74, 6) is 0.999. The van der Waals surface area contributed by atoms with Crippen molar-refractivity contribution in [3.8, 4) is 11.5 Å². The first-order chi connectivity index (χ1) is 13.5. The highest BCUT2D eigenvalue weighted by atomic mass is 79.9. The largest absolute Gasteiger partial charge is 0.497 e. The van der Waals surface area contributed by atoms with Gasteiger partial charge in [0.25, 0.3) is 11.8 Å². The summed E-state index contributed by atoms with van der Waals surface area (Å²) in [7, 11) is 3.12. The fourth-order valence-electron chi connectivity index (χ4n) is 3.25. The van der Waals surface area contributed by atoms with Crippen molar-refractivity contribution in [2.75, 3.05) is 27.3 Å². The molecule has 1 saturated heterocycles. The number of hydrogen-bond acceptors (Lipinski definition) is 4. The van der Waals surface area contributed by atoms with Gasteiger partial charge in [-0.1, -0.05) is 12.1 Å². The molecule has 0 unspecified atom stereocenters. The van der Waals surface area contributed by atoms with Crippen molar-refractivity contribution in [3.05, 3.63) is 58.1 Å². The van der Waals surface area contributed by atoms with Crippen LogP contribution in [0.3, 0.4) is 0 Å². The third-order valence-electron chi connectivity index (χ3n) is 4.83. The molecule has 0 bridgehead atoms. The lowest BCUT2D eigenvalue weighted by molar-refractivity contribution is 0.0697. The number of halogens is 1. The Hall–Kier alpha value is -2.54. The molecule has 3 rings (SSSR count). The lowest BCUT2D eigenvalue weighted by Crippen LogP contribution is -2.46. The zero-order chi connectivity index (χ0) is 20.1. The van der Waals surface area contributed by atoms with Crippen LogP contribution in [0.5, 0.6) is 11.5 Å². The second-order valence-electron chi connectivity index (χ2n) is 6.62. The molecule has 0 atom stereocenters. The highest BCUT2D eigenvalue weighted by Gasteiger charge is 2.26. The van der Waals surface area contributed by atoms with Gasteiger partial charge in [-0.15, -0.1) is 0 Å². The van der Waals surface area contributed by atoms with Crippen molar-refractivity contribution in [2.45, 2.75) is 18.9 Å². The Morgan fingerprint density at radius 2 is 1.64 bits per heavy atom. The highest BCUT2D eigenvalue weighted by Crippen LogP contribution is 2.24. The van der Waals surface area contributed by atoms with Crippen LogP contribution in [0.25, 0.3) is 0 Å². The van der Waals surface area contributed by atoms with Gasteiger partial charge in [-0.3, -0.25) is 9.59 Å². The number of carbonyl (C=O) groups excluding carboxylic acids is 2. The maximum Gasteiger partial charge on any atom is 0.254 e. The molecule has 28 heavy (non-hydrogen) atoms. The molecule has 7 heteroatoms. The number of rotatable bonds is 5. The molecule has 2 aromatic rings. The van der Waals surface area contributed by atoms with E-state index in [2.05, 4.69) is 21.2 Å². The van der Waals surface area contributed by atoms with Gasteiger partial charge in [0.2, 0.25) is 0 Å². The van der Waals surface area contributed by atoms with E-state index in [1.165, 1.54) is 0 Å². The number of piperidine rings is 1. The van der Waals surface area contributed by atoms with E-state index in [0.29, 0.717) is 48.6 Å². The van der Waals surface area contributed by atoms with Gasteiger partial charge in [-0.25, -0.2) is 0 Å². The monoisotopic (exact) mass is 446 g/mol. The summed E-state index contributed by atoms with van der Waals surface area (Å²) in [6.45, 7) is 1.17. The minimum absolute atomic E-state index is 0.0449. The topological polar surface area (TPSA) is 67.9 Å². The van der Waals surface area contributed by atoms with Gasteiger partial charge in [-0.05, 0) is 53.0 Å². The van der Waals surface area contributed by atoms with Gasteiger partial charge in [0.05, 0.1) is 19.8 Å². The van der Waals surface area contributed by atoms with E-state index < -0.39 is 0 Å². The first kappa shape index (κ1) is 20.2. The van der Waals surface area contributed by atoms with E-state index in [1.54, 1.807) is 43.4 Å². The van der Waals surface area contributed by atoms with Crippen molar-refractivity contribution in [1.82, 2.24) is 10.2 Å². The number of ether oxygens (including phenoxy) is 2. The molecule has 1 aliphatic rings. The van der Waals surface area contributed by atoms with E-state index in [4.69, 9.17) is 9.47 Å². The van der Waals surface area contributed by atoms with Gasteiger partial charge >= 0.3 is 0 Å². The third-order valence-corrected chi connectivity index (χ3v) is 5.53. The van der Waals surface area contributed by atoms with Crippen molar-refractivity contribution < 1.29 is 19.1 Å². The fraction of sp³-hybridized carbons (Fsp3) is 0.333. The lowest BCUT2D eigenvalue weighted by atomic mass is 10.0. The molecule has 0 aliphatic carbocycles. The van der Waals surface area contributed by atoms with Gasteiger partial charge in [0, 0.05) is 35.2 Å². The zero-order valence-corrected chi connectivity index (χ0v) is 17.5.